The molecular weight excluding hydrogens is 437 g/mol. The van der Waals surface area contributed by atoms with Gasteiger partial charge in [0.1, 0.15) is 5.01 Å². The first kappa shape index (κ1) is 21.7. The summed E-state index contributed by atoms with van der Waals surface area (Å²) in [6.07, 6.45) is -0.673. The highest BCUT2D eigenvalue weighted by Gasteiger charge is 2.30. The van der Waals surface area contributed by atoms with Crippen LogP contribution in [0, 0.1) is 6.92 Å². The molecule has 164 valence electrons. The van der Waals surface area contributed by atoms with Gasteiger partial charge < -0.3 is 4.90 Å². The summed E-state index contributed by atoms with van der Waals surface area (Å²) in [5.74, 6) is 0.510. The van der Waals surface area contributed by atoms with E-state index in [4.69, 9.17) is 0 Å². The van der Waals surface area contributed by atoms with E-state index in [9.17, 15) is 13.2 Å². The first-order valence-corrected chi connectivity index (χ1v) is 10.5. The number of aromatic nitrogens is 5. The number of nitrogens with zero attached hydrogens (tertiary/aromatic N) is 5. The largest absolute Gasteiger partial charge is 0.416 e. The Hall–Kier alpha value is -3.53. The van der Waals surface area contributed by atoms with Gasteiger partial charge in [-0.3, -0.25) is 0 Å². The van der Waals surface area contributed by atoms with Crippen LogP contribution in [0.25, 0.3) is 22.7 Å². The normalized spacial score (nSPS) is 11.9. The van der Waals surface area contributed by atoms with Crippen molar-refractivity contribution >= 4 is 29.2 Å². The molecule has 0 radical (unpaired) electrons. The quantitative estimate of drug-likeness (QED) is 0.417. The van der Waals surface area contributed by atoms with E-state index in [1.54, 1.807) is 6.08 Å². The van der Waals surface area contributed by atoms with Crippen molar-refractivity contribution in [1.82, 2.24) is 25.6 Å². The van der Waals surface area contributed by atoms with Gasteiger partial charge in [-0.1, -0.05) is 30.3 Å². The lowest BCUT2D eigenvalue weighted by atomic mass is 10.1. The highest BCUT2D eigenvalue weighted by molar-refractivity contribution is 7.15. The Morgan fingerprint density at radius 3 is 2.38 bits per heavy atom. The summed E-state index contributed by atoms with van der Waals surface area (Å²) in [6, 6.07) is 13.1. The van der Waals surface area contributed by atoms with Crippen LogP contribution >= 0.6 is 11.3 Å². The lowest BCUT2D eigenvalue weighted by molar-refractivity contribution is -0.137. The van der Waals surface area contributed by atoms with Crippen LogP contribution in [0.2, 0.25) is 0 Å². The molecule has 0 spiro atoms. The van der Waals surface area contributed by atoms with E-state index in [1.165, 1.54) is 23.5 Å². The second kappa shape index (κ2) is 8.91. The predicted molar refractivity (Wildman–Crippen MR) is 119 cm³/mol. The number of hydrogen-bond acceptors (Lipinski definition) is 6. The Kier molecular flexibility index (Phi) is 6.04. The van der Waals surface area contributed by atoms with Crippen LogP contribution in [0.5, 0.6) is 0 Å². The first-order valence-electron chi connectivity index (χ1n) is 9.66. The van der Waals surface area contributed by atoms with Crippen LogP contribution in [0.15, 0.2) is 48.5 Å². The molecule has 0 bridgehead atoms. The van der Waals surface area contributed by atoms with Crippen LogP contribution in [0.3, 0.4) is 0 Å². The molecule has 0 saturated heterocycles. The molecule has 0 atom stereocenters. The smallest absolute Gasteiger partial charge is 0.369 e. The zero-order valence-corrected chi connectivity index (χ0v) is 18.1. The summed E-state index contributed by atoms with van der Waals surface area (Å²) >= 11 is 1.49. The number of benzene rings is 2. The maximum absolute atomic E-state index is 12.8. The van der Waals surface area contributed by atoms with Crippen LogP contribution in [-0.2, 0) is 12.7 Å². The Bertz CT molecular complexity index is 1200. The second-order valence-corrected chi connectivity index (χ2v) is 8.24. The van der Waals surface area contributed by atoms with Gasteiger partial charge in [0.05, 0.1) is 17.8 Å². The van der Waals surface area contributed by atoms with Gasteiger partial charge in [0.25, 0.3) is 0 Å². The number of alkyl halides is 3. The topological polar surface area (TPSA) is 70.6 Å². The number of H-pyrrole nitrogens is 1. The number of thiazole rings is 1. The van der Waals surface area contributed by atoms with E-state index in [0.717, 1.165) is 34.0 Å². The first-order chi connectivity index (χ1) is 15.3. The predicted octanol–water partition coefficient (Wildman–Crippen LogP) is 5.46. The molecule has 0 amide bonds. The van der Waals surface area contributed by atoms with Gasteiger partial charge in [-0.2, -0.15) is 18.4 Å². The molecule has 4 rings (SSSR count). The third-order valence-corrected chi connectivity index (χ3v) is 6.04. The monoisotopic (exact) mass is 456 g/mol. The maximum atomic E-state index is 12.8. The van der Waals surface area contributed by atoms with E-state index < -0.39 is 11.7 Å². The summed E-state index contributed by atoms with van der Waals surface area (Å²) in [5.41, 5.74) is 2.93. The van der Waals surface area contributed by atoms with Gasteiger partial charge in [-0.15, -0.1) is 21.5 Å². The highest BCUT2D eigenvalue weighted by atomic mass is 32.1. The van der Waals surface area contributed by atoms with Crippen molar-refractivity contribution in [2.75, 3.05) is 11.9 Å². The highest BCUT2D eigenvalue weighted by Crippen LogP contribution is 2.33. The van der Waals surface area contributed by atoms with E-state index in [0.29, 0.717) is 22.9 Å². The average molecular weight is 456 g/mol. The minimum Gasteiger partial charge on any atom is -0.369 e. The number of halogens is 3. The Balaban J connectivity index is 1.44. The Morgan fingerprint density at radius 1 is 1.03 bits per heavy atom. The second-order valence-electron chi connectivity index (χ2n) is 7.15. The van der Waals surface area contributed by atoms with E-state index in [2.05, 4.69) is 30.5 Å². The molecule has 2 aromatic heterocycles. The molecular formula is C22H19F3N6S. The molecule has 0 unspecified atom stereocenters. The van der Waals surface area contributed by atoms with Crippen molar-refractivity contribution < 1.29 is 13.2 Å². The SMILES string of the molecule is Cc1nc(-c2ccc(C(F)(F)F)cc2)sc1CN(C)c1ccc(C=Cc2nn[nH]n2)cc1. The van der Waals surface area contributed by atoms with Crippen LogP contribution in [0.1, 0.15) is 27.5 Å². The van der Waals surface area contributed by atoms with Crippen LogP contribution < -0.4 is 4.90 Å². The Morgan fingerprint density at radius 2 is 1.75 bits per heavy atom. The van der Waals surface area contributed by atoms with Crippen LogP contribution in [0.4, 0.5) is 18.9 Å². The van der Waals surface area contributed by atoms with Crippen molar-refractivity contribution in [3.05, 3.63) is 76.1 Å². The molecule has 2 heterocycles. The summed E-state index contributed by atoms with van der Waals surface area (Å²) in [5, 5.41) is 14.4. The van der Waals surface area contributed by atoms with Gasteiger partial charge in [-0.25, -0.2) is 4.98 Å². The number of hydrogen-bond donors (Lipinski definition) is 1. The molecule has 1 N–H and O–H groups in total. The van der Waals surface area contributed by atoms with Gasteiger partial charge in [0.15, 0.2) is 5.82 Å². The van der Waals surface area contributed by atoms with Crippen molar-refractivity contribution in [3.8, 4) is 10.6 Å². The van der Waals surface area contributed by atoms with Gasteiger partial charge in [-0.05, 0) is 48.0 Å². The van der Waals surface area contributed by atoms with Gasteiger partial charge >= 0.3 is 6.18 Å². The number of aromatic amines is 1. The molecule has 10 heteroatoms. The summed E-state index contributed by atoms with van der Waals surface area (Å²) in [4.78, 5) is 7.72. The van der Waals surface area contributed by atoms with Crippen molar-refractivity contribution in [2.24, 2.45) is 0 Å². The van der Waals surface area contributed by atoms with Gasteiger partial charge in [0.2, 0.25) is 0 Å². The number of anilines is 1. The summed E-state index contributed by atoms with van der Waals surface area (Å²) < 4.78 is 38.4. The molecule has 0 aliphatic carbocycles. The van der Waals surface area contributed by atoms with Crippen molar-refractivity contribution in [2.45, 2.75) is 19.6 Å². The van der Waals surface area contributed by atoms with E-state index >= 15 is 0 Å². The lowest BCUT2D eigenvalue weighted by Gasteiger charge is -2.18. The summed E-state index contributed by atoms with van der Waals surface area (Å²) in [7, 11) is 1.99. The summed E-state index contributed by atoms with van der Waals surface area (Å²) in [6.45, 7) is 2.56. The number of tetrazole rings is 1. The molecule has 0 aliphatic heterocycles. The van der Waals surface area contributed by atoms with Crippen molar-refractivity contribution in [3.63, 3.8) is 0 Å². The fourth-order valence-electron chi connectivity index (χ4n) is 3.06. The zero-order chi connectivity index (χ0) is 22.7. The maximum Gasteiger partial charge on any atom is 0.416 e. The zero-order valence-electron chi connectivity index (χ0n) is 17.3. The molecule has 2 aromatic carbocycles. The van der Waals surface area contributed by atoms with Gasteiger partial charge in [0, 0.05) is 23.2 Å². The number of rotatable bonds is 6. The standard InChI is InChI=1S/C22H19F3N6S/c1-14-19(32-21(26-14)16-6-8-17(9-7-16)22(23,24)25)13-31(2)18-10-3-15(4-11-18)5-12-20-27-29-30-28-20/h3-12H,13H2,1-2H3,(H,27,28,29,30). The minimum atomic E-state index is -4.34. The molecule has 0 aliphatic rings. The minimum absolute atomic E-state index is 0.510. The van der Waals surface area contributed by atoms with E-state index in [-0.39, 0.29) is 0 Å². The fraction of sp³-hybridized carbons (Fsp3) is 0.182. The molecule has 0 saturated carbocycles. The third-order valence-electron chi connectivity index (χ3n) is 4.85. The van der Waals surface area contributed by atoms with Crippen molar-refractivity contribution in [1.29, 1.82) is 0 Å². The number of aryl methyl sites for hydroxylation is 1. The fourth-order valence-corrected chi connectivity index (χ4v) is 4.18. The molecule has 6 nitrogen and oxygen atoms in total. The lowest BCUT2D eigenvalue weighted by Crippen LogP contribution is -2.16. The average Bonchev–Trinajstić information content (AvgIpc) is 3.42. The molecule has 4 aromatic rings. The van der Waals surface area contributed by atoms with Crippen LogP contribution in [-0.4, -0.2) is 32.7 Å². The number of nitrogens with one attached hydrogen (secondary N) is 1. The molecule has 32 heavy (non-hydrogen) atoms. The Labute approximate surface area is 186 Å². The molecule has 0 fully saturated rings. The van der Waals surface area contributed by atoms with E-state index in [1.807, 2.05) is 44.3 Å². The third kappa shape index (κ3) is 5.02.